The van der Waals surface area contributed by atoms with Crippen LogP contribution in [0.25, 0.3) is 16.7 Å². The van der Waals surface area contributed by atoms with Crippen LogP contribution in [-0.2, 0) is 24.4 Å². The lowest BCUT2D eigenvalue weighted by atomic mass is 9.85. The number of para-hydroxylation sites is 1. The topological polar surface area (TPSA) is 193 Å². The van der Waals surface area contributed by atoms with Gasteiger partial charge in [0.15, 0.2) is 0 Å². The fourth-order valence-electron chi connectivity index (χ4n) is 8.41. The molecule has 1 saturated heterocycles. The molecule has 2 aliphatic heterocycles. The molecule has 0 bridgehead atoms. The normalized spacial score (nSPS) is 29.7. The Hall–Kier alpha value is -4.94. The Labute approximate surface area is 333 Å². The first-order chi connectivity index (χ1) is 27.1. The Morgan fingerprint density at radius 3 is 2.50 bits per heavy atom. The quantitative estimate of drug-likeness (QED) is 0.279. The van der Waals surface area contributed by atoms with Gasteiger partial charge >= 0.3 is 12.3 Å². The lowest BCUT2D eigenvalue weighted by Gasteiger charge is -2.45. The Balaban J connectivity index is 1.30. The number of rotatable bonds is 7. The van der Waals surface area contributed by atoms with E-state index in [1.165, 1.54) is 13.8 Å². The zero-order chi connectivity index (χ0) is 42.2. The lowest BCUT2D eigenvalue weighted by molar-refractivity contribution is -0.222. The first-order valence-electron chi connectivity index (χ1n) is 19.4. The average molecular weight is 832 g/mol. The summed E-state index contributed by atoms with van der Waals surface area (Å²) in [5.74, 6) is -4.21. The maximum absolute atomic E-state index is 15.0. The number of carbonyl (C=O) groups is 4. The van der Waals surface area contributed by atoms with Crippen LogP contribution in [0.5, 0.6) is 5.88 Å². The molecule has 19 heteroatoms. The minimum absolute atomic E-state index is 0.0515. The van der Waals surface area contributed by atoms with Gasteiger partial charge in [-0.2, -0.15) is 18.2 Å². The lowest BCUT2D eigenvalue weighted by Crippen LogP contribution is -2.66. The summed E-state index contributed by atoms with van der Waals surface area (Å²) in [4.78, 5) is 66.5. The fourth-order valence-corrected chi connectivity index (χ4v) is 9.73. The standard InChI is InChI=1S/C39H48F3N7O8S/c1-22-10-6-7-11-24-20-38(24,33(52)46-58(55,56)37(5)14-15-37)45-30(50)28-19-25(57-31-26-12-8-9-13-27(26)47-17-16-43-34(47)44-31)21-48(28)32(51)29(23(2)18-22)49(35(53)54)36(3,4)39(40,41)42/h7-9,11-13,16-17,22-25,28-29H,6,10,14-15,18-21H2,1-5H3,(H,45,50)(H,46,52)(H,53,54)/b11-7-/t22-,23-,24-,25-,28+,29+,38-/m1/s1. The van der Waals surface area contributed by atoms with Gasteiger partial charge in [-0.3, -0.25) is 28.4 Å². The second-order valence-corrected chi connectivity index (χ2v) is 19.3. The summed E-state index contributed by atoms with van der Waals surface area (Å²) < 4.78 is 79.7. The number of carboxylic acid groups (broad SMARTS) is 1. The number of hydrogen-bond acceptors (Lipinski definition) is 9. The van der Waals surface area contributed by atoms with Gasteiger partial charge in [0.2, 0.25) is 33.5 Å². The van der Waals surface area contributed by atoms with Gasteiger partial charge in [0.25, 0.3) is 5.91 Å². The van der Waals surface area contributed by atoms with Gasteiger partial charge in [-0.25, -0.2) is 18.2 Å². The van der Waals surface area contributed by atoms with Crippen LogP contribution in [0.15, 0.2) is 48.8 Å². The first kappa shape index (κ1) is 41.2. The zero-order valence-corrected chi connectivity index (χ0v) is 33.6. The number of fused-ring (bicyclic) bond motifs is 5. The van der Waals surface area contributed by atoms with Gasteiger partial charge in [0, 0.05) is 24.7 Å². The number of nitrogens with one attached hydrogen (secondary N) is 2. The summed E-state index contributed by atoms with van der Waals surface area (Å²) in [5, 5.41) is 13.8. The molecule has 2 aliphatic carbocycles. The Morgan fingerprint density at radius 1 is 1.12 bits per heavy atom. The van der Waals surface area contributed by atoms with Gasteiger partial charge in [-0.15, -0.1) is 0 Å². The number of nitrogens with zero attached hydrogens (tertiary/aromatic N) is 5. The summed E-state index contributed by atoms with van der Waals surface area (Å²) in [7, 11) is -4.12. The van der Waals surface area contributed by atoms with Crippen molar-refractivity contribution in [3.63, 3.8) is 0 Å². The van der Waals surface area contributed by atoms with Crippen molar-refractivity contribution in [2.24, 2.45) is 17.8 Å². The van der Waals surface area contributed by atoms with Crippen molar-refractivity contribution in [2.45, 2.75) is 120 Å². The molecule has 58 heavy (non-hydrogen) atoms. The molecule has 3 N–H and O–H groups in total. The molecule has 0 spiro atoms. The SMILES string of the molecule is C[C@@H]1CC/C=C\[C@@H]2C[C@@]2(C(=O)NS(=O)(=O)C2(C)CC2)NC(=O)[C@@H]2C[C@@H](Oc3nc4nccn4c4ccccc34)CN2C(=O)[C@@H](N(C(=O)O)C(C)(C)C(F)(F)F)[C@H](C)C1. The van der Waals surface area contributed by atoms with Crippen LogP contribution >= 0.6 is 0 Å². The van der Waals surface area contributed by atoms with E-state index in [-0.39, 0.29) is 42.5 Å². The molecule has 3 aromatic rings. The predicted octanol–water partition coefficient (Wildman–Crippen LogP) is 4.81. The molecule has 7 rings (SSSR count). The molecule has 15 nitrogen and oxygen atoms in total. The highest BCUT2D eigenvalue weighted by molar-refractivity contribution is 7.91. The number of amides is 4. The summed E-state index contributed by atoms with van der Waals surface area (Å²) in [6.45, 7) is 5.92. The molecule has 3 fully saturated rings. The summed E-state index contributed by atoms with van der Waals surface area (Å²) >= 11 is 0. The third-order valence-electron chi connectivity index (χ3n) is 12.5. The summed E-state index contributed by atoms with van der Waals surface area (Å²) in [6, 6.07) is 3.77. The van der Waals surface area contributed by atoms with Crippen molar-refractivity contribution < 1.29 is 50.6 Å². The van der Waals surface area contributed by atoms with Crippen LogP contribution in [0.1, 0.15) is 79.6 Å². The summed E-state index contributed by atoms with van der Waals surface area (Å²) in [5.41, 5.74) is -4.06. The van der Waals surface area contributed by atoms with Crippen molar-refractivity contribution in [1.82, 2.24) is 34.2 Å². The molecule has 4 heterocycles. The van der Waals surface area contributed by atoms with Gasteiger partial charge < -0.3 is 20.1 Å². The highest BCUT2D eigenvalue weighted by atomic mass is 32.2. The van der Waals surface area contributed by atoms with Crippen molar-refractivity contribution >= 4 is 50.5 Å². The minimum Gasteiger partial charge on any atom is -0.472 e. The molecular formula is C39H48F3N7O8S. The van der Waals surface area contributed by atoms with E-state index in [1.54, 1.807) is 35.0 Å². The van der Waals surface area contributed by atoms with Crippen LogP contribution in [0.4, 0.5) is 18.0 Å². The van der Waals surface area contributed by atoms with E-state index < -0.39 is 85.9 Å². The number of aromatic nitrogens is 3. The fraction of sp³-hybridized carbons (Fsp3) is 0.590. The smallest absolute Gasteiger partial charge is 0.411 e. The van der Waals surface area contributed by atoms with Crippen LogP contribution in [-0.4, -0.2) is 108 Å². The molecule has 4 aliphatic rings. The maximum Gasteiger partial charge on any atom is 0.411 e. The second-order valence-electron chi connectivity index (χ2n) is 17.1. The zero-order valence-electron chi connectivity index (χ0n) is 32.8. The first-order valence-corrected chi connectivity index (χ1v) is 20.9. The highest BCUT2D eigenvalue weighted by Crippen LogP contribution is 2.48. The van der Waals surface area contributed by atoms with E-state index in [4.69, 9.17) is 4.74 Å². The molecule has 2 aromatic heterocycles. The second kappa shape index (κ2) is 14.4. The van der Waals surface area contributed by atoms with Crippen LogP contribution in [0, 0.1) is 17.8 Å². The van der Waals surface area contributed by atoms with Crippen molar-refractivity contribution in [3.8, 4) is 5.88 Å². The Kier molecular flexibility index (Phi) is 10.2. The molecule has 1 aromatic carbocycles. The third kappa shape index (κ3) is 7.23. The van der Waals surface area contributed by atoms with Crippen LogP contribution < -0.4 is 14.8 Å². The van der Waals surface area contributed by atoms with E-state index in [1.807, 2.05) is 25.1 Å². The number of alkyl halides is 3. The van der Waals surface area contributed by atoms with Crippen molar-refractivity contribution in [2.75, 3.05) is 6.54 Å². The maximum atomic E-state index is 15.0. The highest BCUT2D eigenvalue weighted by Gasteiger charge is 2.64. The molecule has 2 saturated carbocycles. The molecule has 0 unspecified atom stereocenters. The monoisotopic (exact) mass is 831 g/mol. The number of hydrogen-bond donors (Lipinski definition) is 3. The van der Waals surface area contributed by atoms with Crippen molar-refractivity contribution in [1.29, 1.82) is 0 Å². The molecule has 7 atom stereocenters. The van der Waals surface area contributed by atoms with E-state index in [2.05, 4.69) is 20.0 Å². The Morgan fingerprint density at radius 2 is 1.83 bits per heavy atom. The minimum atomic E-state index is -5.09. The van der Waals surface area contributed by atoms with Gasteiger partial charge in [-0.05, 0) is 83.3 Å². The number of halogens is 3. The van der Waals surface area contributed by atoms with E-state index >= 15 is 4.79 Å². The molecule has 4 amide bonds. The van der Waals surface area contributed by atoms with Crippen LogP contribution in [0.3, 0.4) is 0 Å². The molecule has 0 radical (unpaired) electrons. The number of sulfonamides is 1. The van der Waals surface area contributed by atoms with Crippen molar-refractivity contribution in [3.05, 3.63) is 48.8 Å². The third-order valence-corrected chi connectivity index (χ3v) is 14.6. The largest absolute Gasteiger partial charge is 0.472 e. The number of allylic oxidation sites excluding steroid dienone is 1. The van der Waals surface area contributed by atoms with Gasteiger partial charge in [0.1, 0.15) is 29.3 Å². The average Bonchev–Trinajstić information content (AvgIpc) is 3.92. The number of carbonyl (C=O) groups excluding carboxylic acids is 3. The van der Waals surface area contributed by atoms with Gasteiger partial charge in [0.05, 0.1) is 22.2 Å². The van der Waals surface area contributed by atoms with E-state index in [0.717, 1.165) is 4.90 Å². The van der Waals surface area contributed by atoms with E-state index in [9.17, 15) is 41.1 Å². The molecule has 314 valence electrons. The Bertz CT molecular complexity index is 2290. The van der Waals surface area contributed by atoms with Crippen LogP contribution in [0.2, 0.25) is 0 Å². The number of imidazole rings is 1. The molecular weight excluding hydrogens is 784 g/mol. The number of ether oxygens (including phenoxy) is 1. The van der Waals surface area contributed by atoms with E-state index in [0.29, 0.717) is 56.2 Å². The van der Waals surface area contributed by atoms with Gasteiger partial charge in [-0.1, -0.05) is 38.1 Å². The predicted molar refractivity (Wildman–Crippen MR) is 204 cm³/mol. The number of benzene rings is 1. The summed E-state index contributed by atoms with van der Waals surface area (Å²) in [6.07, 6.45) is 0.420.